The second-order valence-electron chi connectivity index (χ2n) is 4.12. The van der Waals surface area contributed by atoms with Crippen LogP contribution in [0, 0.1) is 0 Å². The molecule has 0 saturated carbocycles. The van der Waals surface area contributed by atoms with Gasteiger partial charge in [-0.2, -0.15) is 0 Å². The Bertz CT molecular complexity index is 607. The molecule has 1 heterocycles. The Labute approximate surface area is 127 Å². The number of halogens is 1. The number of nitrogens with two attached hydrogens (primary N) is 1. The van der Waals surface area contributed by atoms with Crippen LogP contribution in [0.2, 0.25) is 5.02 Å². The lowest BCUT2D eigenvalue weighted by Crippen LogP contribution is -2.28. The van der Waals surface area contributed by atoms with E-state index in [2.05, 4.69) is 15.7 Å². The summed E-state index contributed by atoms with van der Waals surface area (Å²) in [6, 6.07) is 10.9. The maximum Gasteiger partial charge on any atom is 0.253 e. The minimum absolute atomic E-state index is 0.273. The average molecular weight is 307 g/mol. The van der Waals surface area contributed by atoms with Crippen molar-refractivity contribution < 1.29 is 9.53 Å². The maximum atomic E-state index is 11.9. The SMILES string of the molecule is NNc1ncc(C(=O)NCCOc2ccccc2)cc1Cl. The number of nitrogens with zero attached hydrogens (tertiary/aromatic N) is 1. The largest absolute Gasteiger partial charge is 0.492 e. The molecule has 1 aromatic carbocycles. The molecule has 0 unspecified atom stereocenters. The summed E-state index contributed by atoms with van der Waals surface area (Å²) < 4.78 is 5.47. The Hall–Kier alpha value is -2.31. The number of para-hydroxylation sites is 1. The molecular formula is C14H15ClN4O2. The molecule has 0 spiro atoms. The van der Waals surface area contributed by atoms with E-state index in [0.29, 0.717) is 24.5 Å². The fourth-order valence-corrected chi connectivity index (χ4v) is 1.84. The van der Waals surface area contributed by atoms with Gasteiger partial charge in [-0.05, 0) is 18.2 Å². The van der Waals surface area contributed by atoms with E-state index >= 15 is 0 Å². The highest BCUT2D eigenvalue weighted by Gasteiger charge is 2.09. The summed E-state index contributed by atoms with van der Waals surface area (Å²) in [6.45, 7) is 0.752. The molecule has 7 heteroatoms. The molecule has 0 aliphatic rings. The number of ether oxygens (including phenoxy) is 1. The van der Waals surface area contributed by atoms with E-state index in [9.17, 15) is 4.79 Å². The summed E-state index contributed by atoms with van der Waals surface area (Å²) in [4.78, 5) is 15.8. The smallest absolute Gasteiger partial charge is 0.253 e. The molecule has 110 valence electrons. The predicted molar refractivity (Wildman–Crippen MR) is 81.3 cm³/mol. The van der Waals surface area contributed by atoms with Gasteiger partial charge in [-0.15, -0.1) is 0 Å². The number of nitrogen functional groups attached to an aromatic ring is 1. The lowest BCUT2D eigenvalue weighted by atomic mass is 10.2. The van der Waals surface area contributed by atoms with Crippen molar-refractivity contribution >= 4 is 23.3 Å². The molecule has 1 amide bonds. The number of rotatable bonds is 6. The zero-order chi connectivity index (χ0) is 15.1. The van der Waals surface area contributed by atoms with Gasteiger partial charge in [0.25, 0.3) is 5.91 Å². The number of hydrazine groups is 1. The number of benzene rings is 1. The molecule has 0 fully saturated rings. The molecule has 0 radical (unpaired) electrons. The predicted octanol–water partition coefficient (Wildman–Crippen LogP) is 1.83. The number of carbonyl (C=O) groups excluding carboxylic acids is 1. The Morgan fingerprint density at radius 1 is 1.33 bits per heavy atom. The molecule has 6 nitrogen and oxygen atoms in total. The van der Waals surface area contributed by atoms with Crippen molar-refractivity contribution in [1.82, 2.24) is 10.3 Å². The summed E-state index contributed by atoms with van der Waals surface area (Å²) in [6.07, 6.45) is 1.40. The van der Waals surface area contributed by atoms with Gasteiger partial charge in [0.1, 0.15) is 12.4 Å². The van der Waals surface area contributed by atoms with Gasteiger partial charge in [0.05, 0.1) is 17.1 Å². The van der Waals surface area contributed by atoms with Crippen molar-refractivity contribution in [3.8, 4) is 5.75 Å². The third-order valence-electron chi connectivity index (χ3n) is 2.64. The van der Waals surface area contributed by atoms with Crippen LogP contribution in [0.3, 0.4) is 0 Å². The minimum Gasteiger partial charge on any atom is -0.492 e. The maximum absolute atomic E-state index is 11.9. The van der Waals surface area contributed by atoms with E-state index in [-0.39, 0.29) is 10.9 Å². The van der Waals surface area contributed by atoms with Crippen LogP contribution >= 0.6 is 11.6 Å². The Morgan fingerprint density at radius 3 is 2.76 bits per heavy atom. The zero-order valence-corrected chi connectivity index (χ0v) is 11.9. The van der Waals surface area contributed by atoms with Gasteiger partial charge in [-0.25, -0.2) is 10.8 Å². The second-order valence-corrected chi connectivity index (χ2v) is 4.52. The summed E-state index contributed by atoms with van der Waals surface area (Å²) in [5.74, 6) is 6.02. The fourth-order valence-electron chi connectivity index (χ4n) is 1.62. The first kappa shape index (κ1) is 15.1. The molecule has 4 N–H and O–H groups in total. The number of aromatic nitrogens is 1. The molecule has 0 aliphatic heterocycles. The number of hydrogen-bond donors (Lipinski definition) is 3. The van der Waals surface area contributed by atoms with Crippen LogP contribution in [0.5, 0.6) is 5.75 Å². The number of carbonyl (C=O) groups is 1. The van der Waals surface area contributed by atoms with Crippen molar-refractivity contribution in [2.75, 3.05) is 18.6 Å². The van der Waals surface area contributed by atoms with E-state index in [4.69, 9.17) is 22.2 Å². The molecule has 0 aliphatic carbocycles. The lowest BCUT2D eigenvalue weighted by Gasteiger charge is -2.08. The van der Waals surface area contributed by atoms with Crippen LogP contribution in [0.1, 0.15) is 10.4 Å². The molecule has 0 saturated heterocycles. The third-order valence-corrected chi connectivity index (χ3v) is 2.93. The second kappa shape index (κ2) is 7.47. The van der Waals surface area contributed by atoms with Crippen LogP contribution in [0.4, 0.5) is 5.82 Å². The van der Waals surface area contributed by atoms with Gasteiger partial charge < -0.3 is 15.5 Å². The first-order chi connectivity index (χ1) is 10.2. The molecule has 0 bridgehead atoms. The minimum atomic E-state index is -0.273. The van der Waals surface area contributed by atoms with E-state index in [0.717, 1.165) is 5.75 Å². The zero-order valence-electron chi connectivity index (χ0n) is 11.2. The molecule has 0 atom stereocenters. The summed E-state index contributed by atoms with van der Waals surface area (Å²) >= 11 is 5.91. The summed E-state index contributed by atoms with van der Waals surface area (Å²) in [5.41, 5.74) is 2.70. The first-order valence-corrected chi connectivity index (χ1v) is 6.66. The number of amides is 1. The topological polar surface area (TPSA) is 89.3 Å². The van der Waals surface area contributed by atoms with Gasteiger partial charge in [0, 0.05) is 6.20 Å². The number of hydrogen-bond acceptors (Lipinski definition) is 5. The summed E-state index contributed by atoms with van der Waals surface area (Å²) in [5, 5.41) is 3.00. The van der Waals surface area contributed by atoms with Crippen molar-refractivity contribution in [2.45, 2.75) is 0 Å². The molecular weight excluding hydrogens is 292 g/mol. The van der Waals surface area contributed by atoms with Crippen molar-refractivity contribution in [1.29, 1.82) is 0 Å². The Balaban J connectivity index is 1.80. The standard InChI is InChI=1S/C14H15ClN4O2/c15-12-8-10(9-18-13(12)19-16)14(20)17-6-7-21-11-4-2-1-3-5-11/h1-5,8-9H,6-7,16H2,(H,17,20)(H,18,19). The number of anilines is 1. The van der Waals surface area contributed by atoms with Gasteiger partial charge >= 0.3 is 0 Å². The monoisotopic (exact) mass is 306 g/mol. The van der Waals surface area contributed by atoms with Gasteiger partial charge in [-0.3, -0.25) is 4.79 Å². The van der Waals surface area contributed by atoms with E-state index in [1.54, 1.807) is 0 Å². The van der Waals surface area contributed by atoms with Crippen LogP contribution in [-0.2, 0) is 0 Å². The van der Waals surface area contributed by atoms with Crippen LogP contribution < -0.4 is 21.3 Å². The Morgan fingerprint density at radius 2 is 2.10 bits per heavy atom. The highest BCUT2D eigenvalue weighted by molar-refractivity contribution is 6.33. The number of nitrogens with one attached hydrogen (secondary N) is 2. The van der Waals surface area contributed by atoms with Crippen LogP contribution in [-0.4, -0.2) is 24.0 Å². The van der Waals surface area contributed by atoms with Crippen molar-refractivity contribution in [3.63, 3.8) is 0 Å². The highest BCUT2D eigenvalue weighted by Crippen LogP contribution is 2.18. The van der Waals surface area contributed by atoms with Crippen LogP contribution in [0.25, 0.3) is 0 Å². The molecule has 2 aromatic rings. The highest BCUT2D eigenvalue weighted by atomic mass is 35.5. The third kappa shape index (κ3) is 4.34. The van der Waals surface area contributed by atoms with Gasteiger partial charge in [0.2, 0.25) is 0 Å². The molecule has 2 rings (SSSR count). The molecule has 21 heavy (non-hydrogen) atoms. The quantitative estimate of drug-likeness (QED) is 0.430. The normalized spacial score (nSPS) is 10.0. The number of pyridine rings is 1. The van der Waals surface area contributed by atoms with Crippen molar-refractivity contribution in [2.24, 2.45) is 5.84 Å². The van der Waals surface area contributed by atoms with E-state index < -0.39 is 0 Å². The van der Waals surface area contributed by atoms with Gasteiger partial charge in [-0.1, -0.05) is 29.8 Å². The van der Waals surface area contributed by atoms with Crippen LogP contribution in [0.15, 0.2) is 42.6 Å². The van der Waals surface area contributed by atoms with Crippen molar-refractivity contribution in [3.05, 3.63) is 53.2 Å². The van der Waals surface area contributed by atoms with E-state index in [1.165, 1.54) is 12.3 Å². The first-order valence-electron chi connectivity index (χ1n) is 6.29. The lowest BCUT2D eigenvalue weighted by molar-refractivity contribution is 0.0946. The fraction of sp³-hybridized carbons (Fsp3) is 0.143. The molecule has 1 aromatic heterocycles. The average Bonchev–Trinajstić information content (AvgIpc) is 2.52. The van der Waals surface area contributed by atoms with E-state index in [1.807, 2.05) is 30.3 Å². The summed E-state index contributed by atoms with van der Waals surface area (Å²) in [7, 11) is 0. The van der Waals surface area contributed by atoms with Gasteiger partial charge in [0.15, 0.2) is 5.82 Å². The Kier molecular flexibility index (Phi) is 5.36.